The molecule has 0 fully saturated rings. The minimum absolute atomic E-state index is 0.0765. The van der Waals surface area contributed by atoms with E-state index in [1.54, 1.807) is 12.1 Å². The first-order valence-corrected chi connectivity index (χ1v) is 13.1. The number of unbranched alkanes of at least 4 members (excludes halogenated alkanes) is 2. The van der Waals surface area contributed by atoms with Crippen molar-refractivity contribution in [2.45, 2.75) is 25.2 Å². The van der Waals surface area contributed by atoms with Gasteiger partial charge in [0.25, 0.3) is 5.91 Å². The minimum Gasteiger partial charge on any atom is -0.494 e. The molecule has 0 radical (unpaired) electrons. The van der Waals surface area contributed by atoms with Crippen molar-refractivity contribution in [3.8, 4) is 11.5 Å². The summed E-state index contributed by atoms with van der Waals surface area (Å²) in [6.45, 7) is 1.98. The lowest BCUT2D eigenvalue weighted by molar-refractivity contribution is 0.0977. The molecule has 0 bridgehead atoms. The monoisotopic (exact) mass is 510 g/mol. The molecule has 0 saturated carbocycles. The van der Waals surface area contributed by atoms with Crippen LogP contribution in [0.5, 0.6) is 11.5 Å². The van der Waals surface area contributed by atoms with Gasteiger partial charge in [-0.1, -0.05) is 66.8 Å². The summed E-state index contributed by atoms with van der Waals surface area (Å²) in [6, 6.07) is 29.6. The van der Waals surface area contributed by atoms with Crippen molar-refractivity contribution in [1.29, 1.82) is 0 Å². The maximum absolute atomic E-state index is 12.5. The van der Waals surface area contributed by atoms with Gasteiger partial charge in [-0.15, -0.1) is 0 Å². The topological polar surface area (TPSA) is 59.6 Å². The largest absolute Gasteiger partial charge is 0.494 e. The van der Waals surface area contributed by atoms with E-state index >= 15 is 0 Å². The molecule has 0 aliphatic carbocycles. The molecule has 5 rings (SSSR count). The van der Waals surface area contributed by atoms with Crippen LogP contribution < -0.4 is 20.1 Å². The molecule has 1 aliphatic rings. The molecule has 6 heteroatoms. The van der Waals surface area contributed by atoms with Gasteiger partial charge in [0.2, 0.25) is 0 Å². The first-order valence-electron chi connectivity index (χ1n) is 12.7. The number of amides is 1. The molecule has 0 saturated heterocycles. The van der Waals surface area contributed by atoms with E-state index in [9.17, 15) is 4.79 Å². The summed E-state index contributed by atoms with van der Waals surface area (Å²) in [5.74, 6) is 1.49. The van der Waals surface area contributed by atoms with Crippen LogP contribution in [0.1, 0.15) is 41.1 Å². The third-order valence-corrected chi connectivity index (χ3v) is 6.94. The normalized spacial score (nSPS) is 14.0. The summed E-state index contributed by atoms with van der Waals surface area (Å²) in [5, 5.41) is 8.61. The lowest BCUT2D eigenvalue weighted by Crippen LogP contribution is -2.34. The second-order valence-corrected chi connectivity index (χ2v) is 9.54. The Bertz CT molecular complexity index is 1380. The van der Waals surface area contributed by atoms with Crippen LogP contribution in [0, 0.1) is 0 Å². The number of fused-ring (bicyclic) bond motifs is 2. The number of nitrogens with one attached hydrogen (secondary N) is 2. The van der Waals surface area contributed by atoms with Gasteiger partial charge in [-0.2, -0.15) is 0 Å². The Labute approximate surface area is 222 Å². The molecule has 4 aromatic carbocycles. The molecule has 5 nitrogen and oxygen atoms in total. The van der Waals surface area contributed by atoms with Crippen LogP contribution >= 0.6 is 12.2 Å². The number of hydrogen-bond acceptors (Lipinski definition) is 5. The van der Waals surface area contributed by atoms with Gasteiger partial charge in [0.05, 0.1) is 24.1 Å². The molecule has 37 heavy (non-hydrogen) atoms. The van der Waals surface area contributed by atoms with Crippen LogP contribution in [-0.4, -0.2) is 30.7 Å². The fourth-order valence-electron chi connectivity index (χ4n) is 4.57. The Morgan fingerprint density at radius 1 is 0.865 bits per heavy atom. The number of ether oxygens (including phenoxy) is 2. The van der Waals surface area contributed by atoms with Crippen molar-refractivity contribution in [1.82, 2.24) is 5.32 Å². The molecule has 1 aliphatic heterocycles. The highest BCUT2D eigenvalue weighted by atomic mass is 32.1. The number of carbonyl (C=O) groups is 1. The predicted octanol–water partition coefficient (Wildman–Crippen LogP) is 6.73. The van der Waals surface area contributed by atoms with Crippen molar-refractivity contribution in [3.63, 3.8) is 0 Å². The van der Waals surface area contributed by atoms with Gasteiger partial charge in [-0.3, -0.25) is 4.79 Å². The van der Waals surface area contributed by atoms with E-state index in [2.05, 4.69) is 28.8 Å². The fraction of sp³-hybridized carbons (Fsp3) is 0.226. The maximum Gasteiger partial charge on any atom is 0.256 e. The fourth-order valence-corrected chi connectivity index (χ4v) is 4.87. The molecule has 188 valence electrons. The third kappa shape index (κ3) is 6.09. The average molecular weight is 511 g/mol. The van der Waals surface area contributed by atoms with Gasteiger partial charge in [-0.25, -0.2) is 0 Å². The van der Waals surface area contributed by atoms with Gasteiger partial charge in [-0.05, 0) is 66.6 Å². The number of thiocarbonyl (C=S) groups is 1. The Morgan fingerprint density at radius 3 is 2.49 bits per heavy atom. The lowest BCUT2D eigenvalue weighted by atomic mass is 10.0. The van der Waals surface area contributed by atoms with E-state index in [4.69, 9.17) is 21.7 Å². The average Bonchev–Trinajstić information content (AvgIpc) is 3.36. The molecule has 1 amide bonds. The Morgan fingerprint density at radius 2 is 1.62 bits per heavy atom. The minimum atomic E-state index is -0.184. The SMILES string of the molecule is O=C(NC(=S)C1CNc2ccc(OCCCCCOc3cccc4ccccc34)cc21)c1ccccc1. The highest BCUT2D eigenvalue weighted by Gasteiger charge is 2.27. The highest BCUT2D eigenvalue weighted by Crippen LogP contribution is 2.35. The summed E-state index contributed by atoms with van der Waals surface area (Å²) in [6.07, 6.45) is 2.94. The number of carbonyl (C=O) groups excluding carboxylic acids is 1. The van der Waals surface area contributed by atoms with Crippen LogP contribution in [0.4, 0.5) is 5.69 Å². The van der Waals surface area contributed by atoms with E-state index in [0.29, 0.717) is 30.3 Å². The molecule has 2 N–H and O–H groups in total. The van der Waals surface area contributed by atoms with Gasteiger partial charge < -0.3 is 20.1 Å². The Hall–Kier alpha value is -3.90. The number of anilines is 1. The Kier molecular flexibility index (Phi) is 7.96. The zero-order chi connectivity index (χ0) is 25.5. The summed E-state index contributed by atoms with van der Waals surface area (Å²) in [7, 11) is 0. The van der Waals surface area contributed by atoms with Gasteiger partial charge in [0, 0.05) is 23.2 Å². The second-order valence-electron chi connectivity index (χ2n) is 9.10. The van der Waals surface area contributed by atoms with Gasteiger partial charge >= 0.3 is 0 Å². The van der Waals surface area contributed by atoms with Gasteiger partial charge in [0.1, 0.15) is 11.5 Å². The predicted molar refractivity (Wildman–Crippen MR) is 153 cm³/mol. The van der Waals surface area contributed by atoms with Gasteiger partial charge in [0.15, 0.2) is 0 Å². The maximum atomic E-state index is 12.5. The van der Waals surface area contributed by atoms with Crippen LogP contribution in [-0.2, 0) is 0 Å². The summed E-state index contributed by atoms with van der Waals surface area (Å²) >= 11 is 5.59. The van der Waals surface area contributed by atoms with Crippen molar-refractivity contribution >= 4 is 39.6 Å². The van der Waals surface area contributed by atoms with Crippen molar-refractivity contribution in [2.75, 3.05) is 25.1 Å². The smallest absolute Gasteiger partial charge is 0.256 e. The molecule has 1 heterocycles. The zero-order valence-corrected chi connectivity index (χ0v) is 21.4. The molecule has 0 spiro atoms. The summed E-state index contributed by atoms with van der Waals surface area (Å²) in [5.41, 5.74) is 2.68. The van der Waals surface area contributed by atoms with Crippen molar-refractivity contribution in [2.24, 2.45) is 0 Å². The standard InChI is InChI=1S/C31H30N2O3S/c34-30(23-11-3-1-4-12-23)33-31(37)27-21-32-28-17-16-24(20-26(27)28)35-18-7-2-8-19-36-29-15-9-13-22-10-5-6-14-25(22)29/h1,3-6,9-17,20,27,32H,2,7-8,18-19,21H2,(H,33,34,37). The van der Waals surface area contributed by atoms with Crippen LogP contribution in [0.2, 0.25) is 0 Å². The Balaban J connectivity index is 1.07. The van der Waals surface area contributed by atoms with Crippen molar-refractivity contribution in [3.05, 3.63) is 102 Å². The van der Waals surface area contributed by atoms with E-state index in [1.165, 1.54) is 5.39 Å². The lowest BCUT2D eigenvalue weighted by Gasteiger charge is -2.15. The number of benzene rings is 4. The highest BCUT2D eigenvalue weighted by molar-refractivity contribution is 7.80. The van der Waals surface area contributed by atoms with Crippen LogP contribution in [0.3, 0.4) is 0 Å². The number of rotatable bonds is 10. The summed E-state index contributed by atoms with van der Waals surface area (Å²) in [4.78, 5) is 13.0. The molecule has 0 aromatic heterocycles. The molecule has 4 aromatic rings. The second kappa shape index (κ2) is 11.9. The van der Waals surface area contributed by atoms with Crippen molar-refractivity contribution < 1.29 is 14.3 Å². The molecular weight excluding hydrogens is 480 g/mol. The molecule has 1 atom stereocenters. The third-order valence-electron chi connectivity index (χ3n) is 6.55. The van der Waals surface area contributed by atoms with E-state index in [0.717, 1.165) is 47.4 Å². The molecule has 1 unspecified atom stereocenters. The summed E-state index contributed by atoms with van der Waals surface area (Å²) < 4.78 is 12.1. The quantitative estimate of drug-likeness (QED) is 0.183. The van der Waals surface area contributed by atoms with E-state index < -0.39 is 0 Å². The number of hydrogen-bond donors (Lipinski definition) is 2. The molecular formula is C31H30N2O3S. The van der Waals surface area contributed by atoms with Crippen LogP contribution in [0.25, 0.3) is 10.8 Å². The van der Waals surface area contributed by atoms with E-state index in [1.807, 2.05) is 60.7 Å². The first-order chi connectivity index (χ1) is 18.2. The zero-order valence-electron chi connectivity index (χ0n) is 20.6. The van der Waals surface area contributed by atoms with Crippen LogP contribution in [0.15, 0.2) is 91.0 Å². The van der Waals surface area contributed by atoms with E-state index in [-0.39, 0.29) is 11.8 Å². The first kappa shape index (κ1) is 24.8.